The van der Waals surface area contributed by atoms with Crippen LogP contribution in [0.3, 0.4) is 0 Å². The van der Waals surface area contributed by atoms with Crippen molar-refractivity contribution in [2.24, 2.45) is 0 Å². The molecule has 0 aromatic carbocycles. The molecule has 45 heavy (non-hydrogen) atoms. The zero-order valence-corrected chi connectivity index (χ0v) is 26.0. The Morgan fingerprint density at radius 3 is 2.38 bits per heavy atom. The Bertz CT molecular complexity index is 1940. The summed E-state index contributed by atoms with van der Waals surface area (Å²) in [6.45, 7) is -9.89. The Hall–Kier alpha value is -2.66. The van der Waals surface area contributed by atoms with Crippen molar-refractivity contribution in [3.8, 4) is 0 Å². The highest BCUT2D eigenvalue weighted by molar-refractivity contribution is 8.44. The topological polar surface area (TPSA) is 289 Å². The molecule has 25 heteroatoms. The summed E-state index contributed by atoms with van der Waals surface area (Å²) >= 11 is 8.12. The fourth-order valence-electron chi connectivity index (χ4n) is 5.28. The third-order valence-corrected chi connectivity index (χ3v) is 10.6. The first-order valence-electron chi connectivity index (χ1n) is 13.0. The lowest BCUT2D eigenvalue weighted by molar-refractivity contribution is -0.0601. The maximum Gasteiger partial charge on any atom is 0.386 e. The van der Waals surface area contributed by atoms with Crippen LogP contribution in [-0.4, -0.2) is 99.3 Å². The molecule has 21 nitrogen and oxygen atoms in total. The van der Waals surface area contributed by atoms with E-state index in [1.165, 1.54) is 28.1 Å². The Kier molecular flexibility index (Phi) is 7.74. The number of nitrogens with zero attached hydrogens (tertiary/aromatic N) is 7. The van der Waals surface area contributed by atoms with Gasteiger partial charge in [-0.15, -0.1) is 0 Å². The molecule has 0 saturated carbocycles. The van der Waals surface area contributed by atoms with Gasteiger partial charge in [-0.2, -0.15) is 10.1 Å². The lowest BCUT2D eigenvalue weighted by Gasteiger charge is -2.26. The number of hydrogen-bond donors (Lipinski definition) is 7. The number of aliphatic hydroxyl groups excluding tert-OH is 2. The van der Waals surface area contributed by atoms with Crippen LogP contribution in [0.5, 0.6) is 0 Å². The normalized spacial score (nSPS) is 37.7. The lowest BCUT2D eigenvalue weighted by atomic mass is 10.1. The van der Waals surface area contributed by atoms with Crippen LogP contribution in [0.4, 0.5) is 11.8 Å². The van der Waals surface area contributed by atoms with Crippen LogP contribution in [-0.2, 0) is 36.7 Å². The van der Waals surface area contributed by atoms with Crippen molar-refractivity contribution in [1.82, 2.24) is 39.3 Å². The predicted molar refractivity (Wildman–Crippen MR) is 157 cm³/mol. The van der Waals surface area contributed by atoms with Crippen molar-refractivity contribution < 1.29 is 46.9 Å². The second kappa shape index (κ2) is 11.2. The monoisotopic (exact) mass is 706 g/mol. The van der Waals surface area contributed by atoms with Gasteiger partial charge >= 0.3 is 13.6 Å². The van der Waals surface area contributed by atoms with Crippen LogP contribution in [0.2, 0.25) is 0 Å². The summed E-state index contributed by atoms with van der Waals surface area (Å²) in [5.41, 5.74) is 11.0. The third-order valence-electron chi connectivity index (χ3n) is 7.32. The van der Waals surface area contributed by atoms with Crippen molar-refractivity contribution >= 4 is 72.1 Å². The van der Waals surface area contributed by atoms with E-state index in [0.717, 1.165) is 0 Å². The minimum Gasteiger partial charge on any atom is -0.387 e. The van der Waals surface area contributed by atoms with E-state index < -0.39 is 81.4 Å². The Morgan fingerprint density at radius 2 is 1.62 bits per heavy atom. The van der Waals surface area contributed by atoms with Gasteiger partial charge in [-0.25, -0.2) is 28.8 Å². The molecule has 242 valence electrons. The first-order chi connectivity index (χ1) is 21.3. The number of aliphatic hydroxyl groups is 2. The maximum atomic E-state index is 13.5. The number of rotatable bonds is 2. The third kappa shape index (κ3) is 5.55. The first kappa shape index (κ1) is 31.0. The molecule has 0 radical (unpaired) electrons. The largest absolute Gasteiger partial charge is 0.387 e. The summed E-state index contributed by atoms with van der Waals surface area (Å²) in [5, 5.41) is 26.9. The quantitative estimate of drug-likeness (QED) is 0.102. The summed E-state index contributed by atoms with van der Waals surface area (Å²) in [6.07, 6.45) is -7.48. The molecule has 2 bridgehead atoms. The molecule has 4 aromatic rings. The zero-order valence-electron chi connectivity index (χ0n) is 22.4. The highest BCUT2D eigenvalue weighted by atomic mass is 32.7. The minimum atomic E-state index is -4.38. The summed E-state index contributed by atoms with van der Waals surface area (Å²) in [7, 11) is 0. The van der Waals surface area contributed by atoms with E-state index in [4.69, 9.17) is 39.0 Å². The van der Waals surface area contributed by atoms with E-state index in [1.807, 2.05) is 0 Å². The highest BCUT2D eigenvalue weighted by Gasteiger charge is 2.53. The van der Waals surface area contributed by atoms with Gasteiger partial charge in [0.1, 0.15) is 48.8 Å². The fraction of sp³-hybridized carbons (Fsp3) is 0.500. The van der Waals surface area contributed by atoms with Gasteiger partial charge in [0.2, 0.25) is 5.95 Å². The molecule has 5 unspecified atom stereocenters. The number of nitrogens with one attached hydrogen (secondary N) is 1. The Labute approximate surface area is 260 Å². The van der Waals surface area contributed by atoms with E-state index in [1.54, 1.807) is 0 Å². The second-order valence-corrected chi connectivity index (χ2v) is 15.9. The molecule has 7 N–H and O–H groups in total. The standard InChI is InChI=1S/C20H24N10O11P2S2/c21-14-6-1-26-30(15(6)24-4-23-14)18-11(32)12-8(39-18)3-37-43(35,45)41-13-10(31)7(2-36-42(34,44)40-12)38-19(13)29-5-25-9-16(29)27-20(22)28-17(9)33/h1,4-5,7-8,10-13,18-19,31-32H,2-3H2,(H,34,44)(H,35,45)(H2,21,23,24)(H3,22,27,28,33)/t7-,8-,10?,11+,12?,13?,18-,19-,42?,43?/m1/s1. The number of nitrogen functional groups attached to an aromatic ring is 2. The molecular weight excluding hydrogens is 682 g/mol. The molecule has 0 amide bonds. The second-order valence-electron chi connectivity index (χ2n) is 10.1. The van der Waals surface area contributed by atoms with Crippen LogP contribution in [0, 0.1) is 0 Å². The van der Waals surface area contributed by atoms with Gasteiger partial charge < -0.3 is 31.2 Å². The number of H-pyrrole nitrogens is 1. The summed E-state index contributed by atoms with van der Waals surface area (Å²) in [6, 6.07) is 0. The summed E-state index contributed by atoms with van der Waals surface area (Å²) < 4.78 is 63.5. The number of thiol groups is 2. The van der Waals surface area contributed by atoms with Crippen molar-refractivity contribution in [3.63, 3.8) is 0 Å². The number of aromatic nitrogens is 8. The van der Waals surface area contributed by atoms with Crippen molar-refractivity contribution in [1.29, 1.82) is 0 Å². The fourth-order valence-corrected chi connectivity index (χ4v) is 8.23. The Morgan fingerprint density at radius 1 is 0.933 bits per heavy atom. The lowest BCUT2D eigenvalue weighted by Crippen LogP contribution is -2.36. The summed E-state index contributed by atoms with van der Waals surface area (Å²) in [5.74, 6) is -0.0938. The maximum absolute atomic E-state index is 13.5. The molecule has 3 saturated heterocycles. The molecule has 3 aliphatic rings. The number of anilines is 2. The minimum absolute atomic E-state index is 0.0387. The number of aromatic amines is 1. The number of imidazole rings is 1. The van der Waals surface area contributed by atoms with Crippen LogP contribution in [0.25, 0.3) is 22.2 Å². The van der Waals surface area contributed by atoms with Gasteiger partial charge in [0, 0.05) is 0 Å². The average Bonchev–Trinajstić information content (AvgIpc) is 3.72. The van der Waals surface area contributed by atoms with Crippen molar-refractivity contribution in [3.05, 3.63) is 29.2 Å². The van der Waals surface area contributed by atoms with E-state index in [9.17, 15) is 24.1 Å². The molecule has 10 atom stereocenters. The van der Waals surface area contributed by atoms with Gasteiger partial charge in [0.25, 0.3) is 5.56 Å². The van der Waals surface area contributed by atoms with E-state index in [0.29, 0.717) is 5.39 Å². The molecule has 3 aliphatic heterocycles. The van der Waals surface area contributed by atoms with Crippen molar-refractivity contribution in [2.45, 2.75) is 49.1 Å². The SMILES string of the molecule is Nc1nc2c(ncn2[C@@H]2O[C@@H]3COP(=O)(S)OC4[C@@H](COP(=O)(S)OC2C3O)O[C@@H](n2ncc3c(N)ncnc32)[C@H]4O)c(=O)[nH]1. The molecule has 0 spiro atoms. The first-order valence-corrected chi connectivity index (χ1v) is 18.4. The van der Waals surface area contributed by atoms with Gasteiger partial charge in [0.15, 0.2) is 29.3 Å². The van der Waals surface area contributed by atoms with E-state index in [2.05, 4.69) is 54.5 Å². The number of fused-ring (bicyclic) bond motifs is 5. The number of hydrogen-bond acceptors (Lipinski definition) is 18. The van der Waals surface area contributed by atoms with Crippen LogP contribution in [0.15, 0.2) is 23.6 Å². The molecule has 0 aliphatic carbocycles. The smallest absolute Gasteiger partial charge is 0.386 e. The number of nitrogens with two attached hydrogens (primary N) is 2. The molecular formula is C20H24N10O11P2S2. The van der Waals surface area contributed by atoms with Gasteiger partial charge in [0.05, 0.1) is 31.1 Å². The highest BCUT2D eigenvalue weighted by Crippen LogP contribution is 2.60. The van der Waals surface area contributed by atoms with Crippen LogP contribution in [0.1, 0.15) is 12.5 Å². The van der Waals surface area contributed by atoms with Gasteiger partial charge in [-0.3, -0.25) is 32.4 Å². The van der Waals surface area contributed by atoms with Crippen LogP contribution >= 0.6 is 38.1 Å². The average molecular weight is 707 g/mol. The molecule has 4 aromatic heterocycles. The Balaban J connectivity index is 1.21. The van der Waals surface area contributed by atoms with E-state index >= 15 is 0 Å². The number of ether oxygens (including phenoxy) is 2. The zero-order chi connectivity index (χ0) is 31.8. The van der Waals surface area contributed by atoms with Crippen LogP contribution < -0.4 is 17.0 Å². The van der Waals surface area contributed by atoms with Crippen molar-refractivity contribution in [2.75, 3.05) is 24.7 Å². The molecule has 7 heterocycles. The summed E-state index contributed by atoms with van der Waals surface area (Å²) in [4.78, 5) is 30.8. The molecule has 7 rings (SSSR count). The van der Waals surface area contributed by atoms with Gasteiger partial charge in [-0.05, 0) is 0 Å². The van der Waals surface area contributed by atoms with Gasteiger partial charge in [-0.1, -0.05) is 24.5 Å². The predicted octanol–water partition coefficient (Wildman–Crippen LogP) is -0.467. The van der Waals surface area contributed by atoms with E-state index in [-0.39, 0.29) is 28.6 Å². The molecule has 3 fully saturated rings.